The standard InChI is InChI=1S/C11H15F2N3O4S/c1-11(2,15-21(3,19)20)6-14-9-5-7(12)4-8(13)10(9)16(17)18/h4-5,14-15H,6H2,1-3H3. The summed E-state index contributed by atoms with van der Waals surface area (Å²) in [7, 11) is -3.50. The van der Waals surface area contributed by atoms with E-state index >= 15 is 0 Å². The zero-order valence-electron chi connectivity index (χ0n) is 11.6. The quantitative estimate of drug-likeness (QED) is 0.612. The third kappa shape index (κ3) is 5.23. The van der Waals surface area contributed by atoms with Gasteiger partial charge in [-0.1, -0.05) is 0 Å². The Bertz CT molecular complexity index is 662. The van der Waals surface area contributed by atoms with Crippen molar-refractivity contribution in [2.45, 2.75) is 19.4 Å². The van der Waals surface area contributed by atoms with Gasteiger partial charge in [-0.2, -0.15) is 4.39 Å². The average Bonchev–Trinajstić information content (AvgIpc) is 2.21. The normalized spacial score (nSPS) is 12.2. The van der Waals surface area contributed by atoms with Crippen LogP contribution in [0.1, 0.15) is 13.8 Å². The molecule has 0 saturated heterocycles. The number of sulfonamides is 1. The van der Waals surface area contributed by atoms with Crippen LogP contribution in [-0.4, -0.2) is 31.7 Å². The summed E-state index contributed by atoms with van der Waals surface area (Å²) < 4.78 is 51.2. The van der Waals surface area contributed by atoms with Crippen LogP contribution in [0.5, 0.6) is 0 Å². The van der Waals surface area contributed by atoms with Gasteiger partial charge in [-0.25, -0.2) is 17.5 Å². The van der Waals surface area contributed by atoms with Gasteiger partial charge in [-0.15, -0.1) is 0 Å². The Labute approximate surface area is 120 Å². The zero-order valence-corrected chi connectivity index (χ0v) is 12.4. The lowest BCUT2D eigenvalue weighted by Gasteiger charge is -2.25. The van der Waals surface area contributed by atoms with Crippen molar-refractivity contribution in [1.29, 1.82) is 0 Å². The average molecular weight is 323 g/mol. The molecule has 0 radical (unpaired) electrons. The summed E-state index contributed by atoms with van der Waals surface area (Å²) in [6, 6.07) is 1.18. The van der Waals surface area contributed by atoms with E-state index in [2.05, 4.69) is 10.0 Å². The van der Waals surface area contributed by atoms with Gasteiger partial charge in [0.2, 0.25) is 15.8 Å². The van der Waals surface area contributed by atoms with Crippen LogP contribution in [0.3, 0.4) is 0 Å². The van der Waals surface area contributed by atoms with Gasteiger partial charge in [0.15, 0.2) is 0 Å². The molecule has 0 amide bonds. The minimum atomic E-state index is -3.50. The highest BCUT2D eigenvalue weighted by Crippen LogP contribution is 2.29. The molecular weight excluding hydrogens is 308 g/mol. The second-order valence-corrected chi connectivity index (χ2v) is 6.90. The van der Waals surface area contributed by atoms with Crippen LogP contribution < -0.4 is 10.0 Å². The molecule has 0 spiro atoms. The summed E-state index contributed by atoms with van der Waals surface area (Å²) in [5, 5.41) is 13.3. The van der Waals surface area contributed by atoms with Gasteiger partial charge in [0.25, 0.3) is 0 Å². The molecule has 0 aromatic heterocycles. The maximum Gasteiger partial charge on any atom is 0.327 e. The Hall–Kier alpha value is -1.81. The summed E-state index contributed by atoms with van der Waals surface area (Å²) in [5.41, 5.74) is -2.27. The summed E-state index contributed by atoms with van der Waals surface area (Å²) >= 11 is 0. The van der Waals surface area contributed by atoms with E-state index in [4.69, 9.17) is 0 Å². The van der Waals surface area contributed by atoms with Gasteiger partial charge in [0.05, 0.1) is 11.2 Å². The second kappa shape index (κ2) is 5.90. The first kappa shape index (κ1) is 17.2. The summed E-state index contributed by atoms with van der Waals surface area (Å²) in [6.45, 7) is 2.93. The number of anilines is 1. The number of hydrogen-bond acceptors (Lipinski definition) is 5. The molecule has 2 N–H and O–H groups in total. The van der Waals surface area contributed by atoms with E-state index in [0.29, 0.717) is 6.07 Å². The number of nitro benzene ring substituents is 1. The molecule has 10 heteroatoms. The molecule has 0 heterocycles. The minimum Gasteiger partial charge on any atom is -0.377 e. The second-order valence-electron chi connectivity index (χ2n) is 5.15. The molecule has 0 atom stereocenters. The van der Waals surface area contributed by atoms with Crippen LogP contribution >= 0.6 is 0 Å². The van der Waals surface area contributed by atoms with Crippen molar-refractivity contribution in [3.05, 3.63) is 33.9 Å². The first-order valence-electron chi connectivity index (χ1n) is 5.77. The highest BCUT2D eigenvalue weighted by Gasteiger charge is 2.26. The molecule has 0 aliphatic heterocycles. The van der Waals surface area contributed by atoms with E-state index in [0.717, 1.165) is 12.3 Å². The maximum atomic E-state index is 13.4. The van der Waals surface area contributed by atoms with Crippen molar-refractivity contribution in [2.75, 3.05) is 18.1 Å². The van der Waals surface area contributed by atoms with E-state index < -0.39 is 37.8 Å². The Morgan fingerprint density at radius 3 is 2.38 bits per heavy atom. The maximum absolute atomic E-state index is 13.4. The van der Waals surface area contributed by atoms with Crippen molar-refractivity contribution in [2.24, 2.45) is 0 Å². The molecule has 0 bridgehead atoms. The van der Waals surface area contributed by atoms with Crippen LogP contribution in [0.4, 0.5) is 20.2 Å². The van der Waals surface area contributed by atoms with Crippen molar-refractivity contribution in [3.63, 3.8) is 0 Å². The molecule has 0 fully saturated rings. The van der Waals surface area contributed by atoms with Crippen molar-refractivity contribution >= 4 is 21.4 Å². The van der Waals surface area contributed by atoms with E-state index in [1.54, 1.807) is 0 Å². The summed E-state index contributed by atoms with van der Waals surface area (Å²) in [4.78, 5) is 9.82. The van der Waals surface area contributed by atoms with Crippen LogP contribution in [0.25, 0.3) is 0 Å². The zero-order chi connectivity index (χ0) is 16.4. The lowest BCUT2D eigenvalue weighted by Crippen LogP contribution is -2.47. The van der Waals surface area contributed by atoms with Crippen LogP contribution in [0.2, 0.25) is 0 Å². The topological polar surface area (TPSA) is 101 Å². The smallest absolute Gasteiger partial charge is 0.327 e. The molecule has 0 aliphatic carbocycles. The summed E-state index contributed by atoms with van der Waals surface area (Å²) in [6.07, 6.45) is 0.957. The van der Waals surface area contributed by atoms with Gasteiger partial charge in [0, 0.05) is 24.2 Å². The van der Waals surface area contributed by atoms with Crippen LogP contribution in [0, 0.1) is 21.7 Å². The molecule has 7 nitrogen and oxygen atoms in total. The highest BCUT2D eigenvalue weighted by molar-refractivity contribution is 7.88. The van der Waals surface area contributed by atoms with E-state index in [1.165, 1.54) is 13.8 Å². The van der Waals surface area contributed by atoms with Crippen LogP contribution in [0.15, 0.2) is 12.1 Å². The van der Waals surface area contributed by atoms with E-state index in [1.807, 2.05) is 0 Å². The molecule has 0 unspecified atom stereocenters. The molecule has 21 heavy (non-hydrogen) atoms. The molecule has 0 saturated carbocycles. The lowest BCUT2D eigenvalue weighted by molar-refractivity contribution is -0.386. The lowest BCUT2D eigenvalue weighted by atomic mass is 10.1. The SMILES string of the molecule is CC(C)(CNc1cc(F)cc(F)c1[N+](=O)[O-])NS(C)(=O)=O. The number of nitro groups is 1. The fourth-order valence-corrected chi connectivity index (χ4v) is 2.82. The van der Waals surface area contributed by atoms with Crippen molar-refractivity contribution in [3.8, 4) is 0 Å². The summed E-state index contributed by atoms with van der Waals surface area (Å²) in [5.74, 6) is -2.29. The Morgan fingerprint density at radius 1 is 1.33 bits per heavy atom. The molecule has 1 rings (SSSR count). The van der Waals surface area contributed by atoms with E-state index in [9.17, 15) is 27.3 Å². The molecule has 118 valence electrons. The number of benzene rings is 1. The number of halogens is 2. The van der Waals surface area contributed by atoms with Crippen molar-refractivity contribution < 1.29 is 22.1 Å². The third-order valence-corrected chi connectivity index (χ3v) is 3.32. The third-order valence-electron chi connectivity index (χ3n) is 2.39. The Morgan fingerprint density at radius 2 is 1.90 bits per heavy atom. The molecule has 1 aromatic carbocycles. The number of rotatable bonds is 6. The van der Waals surface area contributed by atoms with Gasteiger partial charge < -0.3 is 5.32 Å². The number of nitrogens with zero attached hydrogens (tertiary/aromatic N) is 1. The van der Waals surface area contributed by atoms with Gasteiger partial charge in [-0.3, -0.25) is 10.1 Å². The number of nitrogens with one attached hydrogen (secondary N) is 2. The molecular formula is C11H15F2N3O4S. The minimum absolute atomic E-state index is 0.107. The first-order valence-corrected chi connectivity index (χ1v) is 7.67. The molecule has 0 aliphatic rings. The number of hydrogen-bond donors (Lipinski definition) is 2. The predicted octanol–water partition coefficient (Wildman–Crippen LogP) is 1.61. The largest absolute Gasteiger partial charge is 0.377 e. The van der Waals surface area contributed by atoms with E-state index in [-0.39, 0.29) is 12.2 Å². The van der Waals surface area contributed by atoms with Gasteiger partial charge in [0.1, 0.15) is 11.5 Å². The monoisotopic (exact) mass is 323 g/mol. The highest BCUT2D eigenvalue weighted by atomic mass is 32.2. The Kier molecular flexibility index (Phi) is 4.84. The fraction of sp³-hybridized carbons (Fsp3) is 0.455. The molecule has 1 aromatic rings. The predicted molar refractivity (Wildman–Crippen MR) is 73.6 cm³/mol. The fourth-order valence-electron chi connectivity index (χ4n) is 1.74. The van der Waals surface area contributed by atoms with Gasteiger partial charge >= 0.3 is 5.69 Å². The van der Waals surface area contributed by atoms with Crippen molar-refractivity contribution in [1.82, 2.24) is 4.72 Å². The van der Waals surface area contributed by atoms with Gasteiger partial charge in [-0.05, 0) is 13.8 Å². The Balaban J connectivity index is 3.01. The first-order chi connectivity index (χ1) is 9.41. The van der Waals surface area contributed by atoms with Crippen LogP contribution in [-0.2, 0) is 10.0 Å².